The Morgan fingerprint density at radius 1 is 1.13 bits per heavy atom. The number of benzene rings is 1. The molecular weight excluding hydrogens is 514 g/mol. The van der Waals surface area contributed by atoms with Crippen molar-refractivity contribution in [2.75, 3.05) is 0 Å². The van der Waals surface area contributed by atoms with Crippen LogP contribution in [0.25, 0.3) is 23.0 Å². The molecule has 3 heterocycles. The van der Waals surface area contributed by atoms with Crippen molar-refractivity contribution >= 4 is 22.6 Å². The molecule has 30 heavy (non-hydrogen) atoms. The molecule has 0 N–H and O–H groups in total. The molecule has 0 radical (unpaired) electrons. The summed E-state index contributed by atoms with van der Waals surface area (Å²) < 4.78 is 48.8. The molecule has 0 bridgehead atoms. The Kier molecular flexibility index (Phi) is 5.45. The Balaban J connectivity index is 1.52. The van der Waals surface area contributed by atoms with Gasteiger partial charge in [-0.1, -0.05) is 5.16 Å². The van der Waals surface area contributed by atoms with Gasteiger partial charge in [0, 0.05) is 21.0 Å². The van der Waals surface area contributed by atoms with Crippen LogP contribution >= 0.6 is 22.6 Å². The van der Waals surface area contributed by atoms with E-state index in [-0.39, 0.29) is 17.5 Å². The van der Waals surface area contributed by atoms with Gasteiger partial charge in [0.25, 0.3) is 5.89 Å². The lowest BCUT2D eigenvalue weighted by Gasteiger charge is -2.08. The van der Waals surface area contributed by atoms with Gasteiger partial charge in [-0.15, -0.1) is 13.2 Å². The number of nitrogens with zero attached hydrogens (tertiary/aromatic N) is 5. The number of hydrogen-bond donors (Lipinski definition) is 0. The zero-order valence-corrected chi connectivity index (χ0v) is 17.5. The first-order valence-electron chi connectivity index (χ1n) is 8.62. The van der Waals surface area contributed by atoms with Gasteiger partial charge < -0.3 is 9.26 Å². The second-order valence-corrected chi connectivity index (χ2v) is 7.54. The molecule has 0 unspecified atom stereocenters. The Labute approximate surface area is 182 Å². The maximum atomic E-state index is 12.3. The second kappa shape index (κ2) is 8.05. The maximum absolute atomic E-state index is 12.3. The van der Waals surface area contributed by atoms with E-state index in [4.69, 9.17) is 4.52 Å². The molecule has 0 amide bonds. The summed E-state index contributed by atoms with van der Waals surface area (Å²) in [6.45, 7) is 2.39. The zero-order chi connectivity index (χ0) is 21.3. The summed E-state index contributed by atoms with van der Waals surface area (Å²) in [6.07, 6.45) is -2.96. The molecule has 0 saturated carbocycles. The van der Waals surface area contributed by atoms with E-state index in [1.165, 1.54) is 24.3 Å². The molecule has 1 aromatic carbocycles. The molecule has 4 aromatic rings. The van der Waals surface area contributed by atoms with Crippen LogP contribution in [-0.4, -0.2) is 31.3 Å². The Hall–Kier alpha value is -2.96. The molecule has 0 aliphatic carbocycles. The SMILES string of the molecule is Cc1cc(-c2nc(-c3ccc(OC(F)(F)F)cc3)no2)nn1Cc1ccc(I)cn1. The lowest BCUT2D eigenvalue weighted by atomic mass is 10.2. The average molecular weight is 527 g/mol. The molecular formula is C19H13F3IN5O2. The third-order valence-corrected chi connectivity index (χ3v) is 4.71. The van der Waals surface area contributed by atoms with Crippen molar-refractivity contribution in [1.29, 1.82) is 0 Å². The minimum absolute atomic E-state index is 0.207. The molecule has 0 fully saturated rings. The van der Waals surface area contributed by atoms with Crippen LogP contribution in [0.3, 0.4) is 0 Å². The quantitative estimate of drug-likeness (QED) is 0.346. The molecule has 0 spiro atoms. The van der Waals surface area contributed by atoms with Crippen LogP contribution in [-0.2, 0) is 6.54 Å². The van der Waals surface area contributed by atoms with Crippen LogP contribution in [0.5, 0.6) is 5.75 Å². The molecule has 3 aromatic heterocycles. The predicted octanol–water partition coefficient (Wildman–Crippen LogP) is 4.86. The fourth-order valence-corrected chi connectivity index (χ4v) is 3.00. The first-order valence-corrected chi connectivity index (χ1v) is 9.70. The largest absolute Gasteiger partial charge is 0.573 e. The molecule has 4 rings (SSSR count). The number of aryl methyl sites for hydroxylation is 1. The molecule has 7 nitrogen and oxygen atoms in total. The molecule has 154 valence electrons. The Bertz CT molecular complexity index is 1150. The maximum Gasteiger partial charge on any atom is 0.573 e. The summed E-state index contributed by atoms with van der Waals surface area (Å²) in [7, 11) is 0. The van der Waals surface area contributed by atoms with E-state index in [0.717, 1.165) is 15.0 Å². The van der Waals surface area contributed by atoms with Crippen molar-refractivity contribution in [3.63, 3.8) is 0 Å². The summed E-state index contributed by atoms with van der Waals surface area (Å²) in [5.74, 6) is 0.113. The highest BCUT2D eigenvalue weighted by atomic mass is 127. The van der Waals surface area contributed by atoms with Gasteiger partial charge in [0.1, 0.15) is 5.75 Å². The Morgan fingerprint density at radius 2 is 1.90 bits per heavy atom. The number of alkyl halides is 3. The highest BCUT2D eigenvalue weighted by molar-refractivity contribution is 14.1. The summed E-state index contributed by atoms with van der Waals surface area (Å²) in [5.41, 5.74) is 2.73. The molecule has 11 heteroatoms. The van der Waals surface area contributed by atoms with Crippen LogP contribution < -0.4 is 4.74 Å². The number of halogens is 4. The van der Waals surface area contributed by atoms with Crippen LogP contribution in [0.2, 0.25) is 0 Å². The number of hydrogen-bond acceptors (Lipinski definition) is 6. The van der Waals surface area contributed by atoms with Gasteiger partial charge in [0.05, 0.1) is 12.2 Å². The first kappa shape index (κ1) is 20.3. The van der Waals surface area contributed by atoms with Crippen LogP contribution in [0.4, 0.5) is 13.2 Å². The highest BCUT2D eigenvalue weighted by Crippen LogP contribution is 2.27. The fraction of sp³-hybridized carbons (Fsp3) is 0.158. The van der Waals surface area contributed by atoms with Crippen LogP contribution in [0.15, 0.2) is 53.2 Å². The van der Waals surface area contributed by atoms with E-state index in [2.05, 4.69) is 47.6 Å². The van der Waals surface area contributed by atoms with Gasteiger partial charge in [-0.05, 0) is 72.0 Å². The van der Waals surface area contributed by atoms with Gasteiger partial charge in [0.15, 0.2) is 5.69 Å². The van der Waals surface area contributed by atoms with Crippen LogP contribution in [0, 0.1) is 10.5 Å². The molecule has 0 aliphatic heterocycles. The van der Waals surface area contributed by atoms with Crippen molar-refractivity contribution in [1.82, 2.24) is 24.9 Å². The summed E-state index contributed by atoms with van der Waals surface area (Å²) in [4.78, 5) is 8.66. The monoisotopic (exact) mass is 527 g/mol. The third kappa shape index (κ3) is 4.78. The average Bonchev–Trinajstić information content (AvgIpc) is 3.30. The number of aromatic nitrogens is 5. The molecule has 0 atom stereocenters. The number of rotatable bonds is 5. The van der Waals surface area contributed by atoms with Crippen molar-refractivity contribution in [2.45, 2.75) is 19.8 Å². The van der Waals surface area contributed by atoms with Gasteiger partial charge in [-0.3, -0.25) is 9.67 Å². The topological polar surface area (TPSA) is 78.9 Å². The van der Waals surface area contributed by atoms with Gasteiger partial charge in [-0.2, -0.15) is 10.1 Å². The number of pyridine rings is 1. The van der Waals surface area contributed by atoms with Crippen molar-refractivity contribution in [2.24, 2.45) is 0 Å². The van der Waals surface area contributed by atoms with E-state index >= 15 is 0 Å². The summed E-state index contributed by atoms with van der Waals surface area (Å²) in [5, 5.41) is 8.38. The lowest BCUT2D eigenvalue weighted by molar-refractivity contribution is -0.274. The van der Waals surface area contributed by atoms with E-state index < -0.39 is 6.36 Å². The van der Waals surface area contributed by atoms with Gasteiger partial charge in [0.2, 0.25) is 5.82 Å². The third-order valence-electron chi connectivity index (χ3n) is 4.07. The van der Waals surface area contributed by atoms with E-state index in [0.29, 0.717) is 17.8 Å². The van der Waals surface area contributed by atoms with Gasteiger partial charge >= 0.3 is 6.36 Å². The standard InChI is InChI=1S/C19H13F3IN5O2/c1-11-8-16(26-28(11)10-14-5-4-13(23)9-24-14)18-25-17(27-30-18)12-2-6-15(7-3-12)29-19(20,21)22/h2-9H,10H2,1H3. The smallest absolute Gasteiger partial charge is 0.406 e. The van der Waals surface area contributed by atoms with E-state index in [9.17, 15) is 13.2 Å². The first-order chi connectivity index (χ1) is 14.3. The summed E-state index contributed by atoms with van der Waals surface area (Å²) >= 11 is 2.19. The Morgan fingerprint density at radius 3 is 2.57 bits per heavy atom. The van der Waals surface area contributed by atoms with Crippen molar-refractivity contribution in [3.8, 4) is 28.7 Å². The number of ether oxygens (including phenoxy) is 1. The van der Waals surface area contributed by atoms with Crippen LogP contribution in [0.1, 0.15) is 11.4 Å². The minimum atomic E-state index is -4.74. The minimum Gasteiger partial charge on any atom is -0.406 e. The fourth-order valence-electron chi connectivity index (χ4n) is 2.68. The molecule has 0 saturated heterocycles. The van der Waals surface area contributed by atoms with Crippen molar-refractivity contribution in [3.05, 3.63) is 63.6 Å². The second-order valence-electron chi connectivity index (χ2n) is 6.29. The molecule has 0 aliphatic rings. The van der Waals surface area contributed by atoms with E-state index in [1.54, 1.807) is 10.9 Å². The van der Waals surface area contributed by atoms with E-state index in [1.807, 2.05) is 25.1 Å². The van der Waals surface area contributed by atoms with Gasteiger partial charge in [-0.25, -0.2) is 0 Å². The lowest BCUT2D eigenvalue weighted by Crippen LogP contribution is -2.16. The predicted molar refractivity (Wildman–Crippen MR) is 108 cm³/mol. The highest BCUT2D eigenvalue weighted by Gasteiger charge is 2.31. The summed E-state index contributed by atoms with van der Waals surface area (Å²) in [6, 6.07) is 10.9. The van der Waals surface area contributed by atoms with Crippen molar-refractivity contribution < 1.29 is 22.4 Å². The zero-order valence-electron chi connectivity index (χ0n) is 15.4. The normalized spacial score (nSPS) is 11.6.